The molecule has 2 nitrogen and oxygen atoms in total. The molecule has 0 heterocycles. The smallest absolute Gasteiger partial charge is 0.381 e. The Morgan fingerprint density at radius 1 is 0.455 bits per heavy atom. The van der Waals surface area contributed by atoms with Gasteiger partial charge in [-0.25, -0.2) is 0 Å². The van der Waals surface area contributed by atoms with E-state index in [0.717, 1.165) is 0 Å². The van der Waals surface area contributed by atoms with Crippen LogP contribution in [0.15, 0.2) is 0 Å². The molecule has 0 aromatic rings. The molecule has 19 heteroatoms. The minimum absolute atomic E-state index is 0.0153. The molecular formula is C14H14F17NO. The number of rotatable bonds is 13. The molecule has 0 saturated heterocycles. The van der Waals surface area contributed by atoms with Crippen LogP contribution < -0.4 is 5.73 Å². The summed E-state index contributed by atoms with van der Waals surface area (Å²) in [4.78, 5) is 0. The van der Waals surface area contributed by atoms with Crippen LogP contribution >= 0.6 is 0 Å². The first-order chi connectivity index (χ1) is 14.3. The van der Waals surface area contributed by atoms with Crippen LogP contribution in [-0.2, 0) is 4.74 Å². The van der Waals surface area contributed by atoms with Gasteiger partial charge in [0.25, 0.3) is 0 Å². The molecule has 2 N–H and O–H groups in total. The maximum atomic E-state index is 13.5. The topological polar surface area (TPSA) is 35.2 Å². The molecule has 0 bridgehead atoms. The molecule has 0 radical (unpaired) electrons. The number of halogens is 17. The van der Waals surface area contributed by atoms with E-state index in [9.17, 15) is 74.6 Å². The van der Waals surface area contributed by atoms with Crippen molar-refractivity contribution in [2.75, 3.05) is 19.8 Å². The number of nitrogens with two attached hydrogens (primary N) is 1. The molecule has 33 heavy (non-hydrogen) atoms. The van der Waals surface area contributed by atoms with Crippen molar-refractivity contribution in [1.29, 1.82) is 0 Å². The summed E-state index contributed by atoms with van der Waals surface area (Å²) in [5.74, 6) is -56.1. The molecule has 0 aromatic heterocycles. The van der Waals surface area contributed by atoms with Gasteiger partial charge in [-0.2, -0.15) is 74.6 Å². The van der Waals surface area contributed by atoms with Gasteiger partial charge in [0.1, 0.15) is 0 Å². The van der Waals surface area contributed by atoms with Crippen molar-refractivity contribution in [3.8, 4) is 0 Å². The molecule has 0 aliphatic heterocycles. The monoisotopic (exact) mass is 535 g/mol. The second-order valence-electron chi connectivity index (χ2n) is 6.51. The first kappa shape index (κ1) is 31.7. The van der Waals surface area contributed by atoms with Crippen molar-refractivity contribution < 1.29 is 79.4 Å². The van der Waals surface area contributed by atoms with E-state index in [2.05, 4.69) is 4.74 Å². The predicted molar refractivity (Wildman–Crippen MR) is 74.4 cm³/mol. The van der Waals surface area contributed by atoms with Crippen molar-refractivity contribution in [2.24, 2.45) is 5.73 Å². The van der Waals surface area contributed by atoms with Gasteiger partial charge < -0.3 is 10.5 Å². The lowest BCUT2D eigenvalue weighted by molar-refractivity contribution is -0.462. The van der Waals surface area contributed by atoms with Gasteiger partial charge in [-0.3, -0.25) is 0 Å². The quantitative estimate of drug-likeness (QED) is 0.227. The normalized spacial score (nSPS) is 15.8. The molecule has 0 rings (SSSR count). The highest BCUT2D eigenvalue weighted by molar-refractivity contribution is 5.15. The van der Waals surface area contributed by atoms with Crippen LogP contribution in [0.2, 0.25) is 0 Å². The lowest BCUT2D eigenvalue weighted by atomic mass is 9.88. The lowest BCUT2D eigenvalue weighted by Crippen LogP contribution is -2.74. The van der Waals surface area contributed by atoms with Crippen molar-refractivity contribution in [3.05, 3.63) is 0 Å². The predicted octanol–water partition coefficient (Wildman–Crippen LogP) is 6.14. The highest BCUT2D eigenvalue weighted by Crippen LogP contribution is 2.64. The molecule has 0 atom stereocenters. The van der Waals surface area contributed by atoms with Crippen LogP contribution in [0.4, 0.5) is 74.6 Å². The number of hydrogen-bond acceptors (Lipinski definition) is 2. The number of alkyl halides is 17. The van der Waals surface area contributed by atoms with E-state index in [-0.39, 0.29) is 19.4 Å². The highest BCUT2D eigenvalue weighted by Gasteiger charge is 2.95. The maximum Gasteiger partial charge on any atom is 0.460 e. The van der Waals surface area contributed by atoms with Crippen LogP contribution in [0.1, 0.15) is 19.3 Å². The van der Waals surface area contributed by atoms with Crippen LogP contribution in [0.3, 0.4) is 0 Å². The summed E-state index contributed by atoms with van der Waals surface area (Å²) in [5, 5.41) is 0. The second kappa shape index (κ2) is 9.41. The van der Waals surface area contributed by atoms with Crippen molar-refractivity contribution in [2.45, 2.75) is 66.9 Å². The minimum Gasteiger partial charge on any atom is -0.381 e. The number of hydrogen-bond donors (Lipinski definition) is 1. The first-order valence-corrected chi connectivity index (χ1v) is 8.30. The molecule has 0 saturated carbocycles. The summed E-state index contributed by atoms with van der Waals surface area (Å²) in [6, 6.07) is 0. The Hall–Kier alpha value is -1.27. The van der Waals surface area contributed by atoms with Crippen molar-refractivity contribution >= 4 is 0 Å². The Kier molecular flexibility index (Phi) is 9.05. The summed E-state index contributed by atoms with van der Waals surface area (Å²) >= 11 is 0. The molecule has 0 aliphatic rings. The van der Waals surface area contributed by atoms with E-state index in [1.807, 2.05) is 0 Å². The first-order valence-electron chi connectivity index (χ1n) is 8.30. The van der Waals surface area contributed by atoms with E-state index in [1.165, 1.54) is 0 Å². The van der Waals surface area contributed by atoms with Gasteiger partial charge in [0.15, 0.2) is 0 Å². The van der Waals surface area contributed by atoms with Gasteiger partial charge in [0, 0.05) is 13.0 Å². The molecular weight excluding hydrogens is 521 g/mol. The van der Waals surface area contributed by atoms with Crippen LogP contribution in [0.25, 0.3) is 0 Å². The zero-order valence-electron chi connectivity index (χ0n) is 15.7. The fourth-order valence-electron chi connectivity index (χ4n) is 2.00. The van der Waals surface area contributed by atoms with Gasteiger partial charge in [-0.1, -0.05) is 0 Å². The van der Waals surface area contributed by atoms with Crippen LogP contribution in [-0.4, -0.2) is 67.4 Å². The summed E-state index contributed by atoms with van der Waals surface area (Å²) in [6.45, 7) is -2.04. The minimum atomic E-state index is -8.61. The molecule has 0 unspecified atom stereocenters. The summed E-state index contributed by atoms with van der Waals surface area (Å²) in [7, 11) is 0. The number of unbranched alkanes of at least 4 members (excludes halogenated alkanes) is 1. The highest BCUT2D eigenvalue weighted by atomic mass is 19.4. The molecule has 0 fully saturated rings. The van der Waals surface area contributed by atoms with Gasteiger partial charge in [-0.05, 0) is 19.4 Å². The van der Waals surface area contributed by atoms with Crippen LogP contribution in [0.5, 0.6) is 0 Å². The Bertz CT molecular complexity index is 642. The third kappa shape index (κ3) is 5.07. The van der Waals surface area contributed by atoms with E-state index in [1.54, 1.807) is 0 Å². The van der Waals surface area contributed by atoms with Crippen LogP contribution in [0, 0.1) is 0 Å². The Labute approximate surface area is 173 Å². The number of ether oxygens (including phenoxy) is 1. The third-order valence-corrected chi connectivity index (χ3v) is 4.09. The maximum absolute atomic E-state index is 13.5. The lowest BCUT2D eigenvalue weighted by Gasteiger charge is -2.42. The standard InChI is InChI=1S/C14H14F17NO/c15-7(16,3-6-33-5-2-1-4-32)8(17,18)9(19,20)10(21,22)11(23,24)12(25,26)13(27,28)14(29,30)31/h1-6,32H2. The Balaban J connectivity index is 6.11. The van der Waals surface area contributed by atoms with Gasteiger partial charge in [-0.15, -0.1) is 0 Å². The second-order valence-corrected chi connectivity index (χ2v) is 6.51. The fourth-order valence-corrected chi connectivity index (χ4v) is 2.00. The van der Waals surface area contributed by atoms with E-state index >= 15 is 0 Å². The third-order valence-electron chi connectivity index (χ3n) is 4.09. The molecule has 0 aliphatic carbocycles. The van der Waals surface area contributed by atoms with Gasteiger partial charge in [0.2, 0.25) is 0 Å². The molecule has 200 valence electrons. The SMILES string of the molecule is NCCCCOCCC(F)(F)C(F)(F)C(F)(F)C(F)(F)C(F)(F)C(F)(F)C(F)(F)C(F)(F)F. The summed E-state index contributed by atoms with van der Waals surface area (Å²) in [6.07, 6.45) is -10.1. The van der Waals surface area contributed by atoms with E-state index in [0.29, 0.717) is 0 Å². The van der Waals surface area contributed by atoms with Crippen molar-refractivity contribution in [1.82, 2.24) is 0 Å². The zero-order chi connectivity index (χ0) is 26.9. The van der Waals surface area contributed by atoms with E-state index in [4.69, 9.17) is 5.73 Å². The van der Waals surface area contributed by atoms with E-state index < -0.39 is 67.3 Å². The Morgan fingerprint density at radius 2 is 0.818 bits per heavy atom. The summed E-state index contributed by atoms with van der Waals surface area (Å²) < 4.78 is 226. The van der Waals surface area contributed by atoms with Crippen molar-refractivity contribution in [3.63, 3.8) is 0 Å². The molecule has 0 spiro atoms. The average Bonchev–Trinajstić information content (AvgIpc) is 2.62. The van der Waals surface area contributed by atoms with Gasteiger partial charge in [0.05, 0.1) is 6.61 Å². The Morgan fingerprint density at radius 3 is 1.18 bits per heavy atom. The molecule has 0 aromatic carbocycles. The zero-order valence-corrected chi connectivity index (χ0v) is 15.7. The largest absolute Gasteiger partial charge is 0.460 e. The fraction of sp³-hybridized carbons (Fsp3) is 1.00. The molecule has 0 amide bonds. The van der Waals surface area contributed by atoms with Gasteiger partial charge >= 0.3 is 47.6 Å². The summed E-state index contributed by atoms with van der Waals surface area (Å²) in [5.41, 5.74) is 5.02. The average molecular weight is 535 g/mol.